The van der Waals surface area contributed by atoms with Gasteiger partial charge < -0.3 is 4.98 Å². The van der Waals surface area contributed by atoms with Gasteiger partial charge in [-0.2, -0.15) is 0 Å². The van der Waals surface area contributed by atoms with Crippen LogP contribution in [0, 0.1) is 13.8 Å². The molecule has 0 radical (unpaired) electrons. The quantitative estimate of drug-likeness (QED) is 0.731. The van der Waals surface area contributed by atoms with Crippen molar-refractivity contribution < 1.29 is 8.42 Å². The van der Waals surface area contributed by atoms with Crippen LogP contribution in [0.5, 0.6) is 0 Å². The number of nitrogens with one attached hydrogen (secondary N) is 2. The molecule has 0 saturated carbocycles. The van der Waals surface area contributed by atoms with Gasteiger partial charge in [0.1, 0.15) is 10.5 Å². The Morgan fingerprint density at radius 2 is 1.88 bits per heavy atom. The van der Waals surface area contributed by atoms with E-state index >= 15 is 0 Å². The molecule has 130 valence electrons. The van der Waals surface area contributed by atoms with Crippen molar-refractivity contribution in [3.63, 3.8) is 0 Å². The van der Waals surface area contributed by atoms with Crippen LogP contribution >= 0.6 is 0 Å². The van der Waals surface area contributed by atoms with E-state index in [1.54, 1.807) is 13.0 Å². The largest absolute Gasteiger partial charge is 0.345 e. The molecule has 2 aromatic heterocycles. The van der Waals surface area contributed by atoms with Crippen LogP contribution in [0.2, 0.25) is 0 Å². The van der Waals surface area contributed by atoms with Gasteiger partial charge >= 0.3 is 0 Å². The minimum Gasteiger partial charge on any atom is -0.345 e. The monoisotopic (exact) mass is 357 g/mol. The van der Waals surface area contributed by atoms with E-state index in [2.05, 4.69) is 14.7 Å². The molecule has 3 rings (SSSR count). The zero-order valence-electron chi connectivity index (χ0n) is 14.0. The van der Waals surface area contributed by atoms with Gasteiger partial charge in [0.25, 0.3) is 0 Å². The summed E-state index contributed by atoms with van der Waals surface area (Å²) in [6.45, 7) is 3.81. The van der Waals surface area contributed by atoms with Crippen LogP contribution in [0.1, 0.15) is 16.8 Å². The van der Waals surface area contributed by atoms with E-state index in [-0.39, 0.29) is 11.4 Å². The Bertz CT molecular complexity index is 1070. The summed E-state index contributed by atoms with van der Waals surface area (Å²) in [7, 11) is -3.90. The highest BCUT2D eigenvalue weighted by Crippen LogP contribution is 2.14. The average molecular weight is 357 g/mol. The molecule has 25 heavy (non-hydrogen) atoms. The minimum absolute atomic E-state index is 0.217. The second-order valence-corrected chi connectivity index (χ2v) is 7.65. The van der Waals surface area contributed by atoms with Crippen molar-refractivity contribution in [1.82, 2.24) is 14.7 Å². The Morgan fingerprint density at radius 1 is 1.16 bits per heavy atom. The molecule has 2 heterocycles. The van der Waals surface area contributed by atoms with Gasteiger partial charge in [-0.15, -0.1) is 0 Å². The first kappa shape index (κ1) is 17.3. The van der Waals surface area contributed by atoms with Gasteiger partial charge in [-0.25, -0.2) is 18.1 Å². The van der Waals surface area contributed by atoms with Gasteiger partial charge in [-0.05, 0) is 37.5 Å². The van der Waals surface area contributed by atoms with Gasteiger partial charge in [0.05, 0.1) is 5.39 Å². The third kappa shape index (κ3) is 3.62. The molecule has 0 aliphatic heterocycles. The van der Waals surface area contributed by atoms with Crippen molar-refractivity contribution >= 4 is 21.1 Å². The molecular formula is C18H19N3O3S. The lowest BCUT2D eigenvalue weighted by Gasteiger charge is -2.09. The number of pyridine rings is 2. The number of H-pyrrole nitrogens is 1. The van der Waals surface area contributed by atoms with Crippen LogP contribution < -0.4 is 10.2 Å². The van der Waals surface area contributed by atoms with Crippen LogP contribution in [-0.4, -0.2) is 24.9 Å². The van der Waals surface area contributed by atoms with E-state index in [4.69, 9.17) is 0 Å². The predicted octanol–water partition coefficient (Wildman–Crippen LogP) is 2.06. The number of fused-ring (bicyclic) bond motifs is 1. The third-order valence-electron chi connectivity index (χ3n) is 3.97. The van der Waals surface area contributed by atoms with Crippen LogP contribution in [0.15, 0.2) is 52.3 Å². The molecule has 7 heteroatoms. The zero-order valence-corrected chi connectivity index (χ0v) is 14.9. The molecule has 1 aromatic carbocycles. The number of hydrogen-bond acceptors (Lipinski definition) is 4. The summed E-state index contributed by atoms with van der Waals surface area (Å²) < 4.78 is 27.5. The average Bonchev–Trinajstić information content (AvgIpc) is 2.55. The number of rotatable bonds is 5. The van der Waals surface area contributed by atoms with E-state index in [1.807, 2.05) is 37.3 Å². The third-order valence-corrected chi connectivity index (χ3v) is 5.44. The zero-order chi connectivity index (χ0) is 18.0. The second-order valence-electron chi connectivity index (χ2n) is 5.92. The summed E-state index contributed by atoms with van der Waals surface area (Å²) in [6.07, 6.45) is 1.76. The van der Waals surface area contributed by atoms with E-state index < -0.39 is 15.5 Å². The Morgan fingerprint density at radius 3 is 2.60 bits per heavy atom. The lowest BCUT2D eigenvalue weighted by atomic mass is 10.1. The minimum atomic E-state index is -3.90. The topological polar surface area (TPSA) is 91.9 Å². The number of hydrogen-bond donors (Lipinski definition) is 2. The number of benzene rings is 1. The van der Waals surface area contributed by atoms with Crippen molar-refractivity contribution in [3.05, 3.63) is 69.6 Å². The molecule has 0 fully saturated rings. The van der Waals surface area contributed by atoms with Crippen molar-refractivity contribution in [2.24, 2.45) is 0 Å². The predicted molar refractivity (Wildman–Crippen MR) is 97.2 cm³/mol. The maximum absolute atomic E-state index is 12.7. The van der Waals surface area contributed by atoms with Crippen molar-refractivity contribution in [1.29, 1.82) is 0 Å². The van der Waals surface area contributed by atoms with Crippen LogP contribution in [-0.2, 0) is 16.4 Å². The maximum atomic E-state index is 12.7. The lowest BCUT2D eigenvalue weighted by molar-refractivity contribution is 0.580. The second kappa shape index (κ2) is 6.78. The number of aryl methyl sites for hydroxylation is 2. The van der Waals surface area contributed by atoms with E-state index in [0.717, 1.165) is 11.3 Å². The molecule has 0 unspecified atom stereocenters. The van der Waals surface area contributed by atoms with E-state index in [0.29, 0.717) is 23.0 Å². The molecule has 0 amide bonds. The number of aromatic amines is 1. The number of nitrogens with zero attached hydrogens (tertiary/aromatic N) is 1. The fraction of sp³-hybridized carbons (Fsp3) is 0.222. The van der Waals surface area contributed by atoms with Crippen molar-refractivity contribution in [3.8, 4) is 0 Å². The molecule has 0 atom stereocenters. The smallest absolute Gasteiger partial charge is 0.245 e. The first-order chi connectivity index (χ1) is 11.9. The molecule has 6 nitrogen and oxygen atoms in total. The summed E-state index contributed by atoms with van der Waals surface area (Å²) >= 11 is 0. The fourth-order valence-corrected chi connectivity index (χ4v) is 3.89. The summed E-state index contributed by atoms with van der Waals surface area (Å²) in [5, 5.41) is 0.302. The summed E-state index contributed by atoms with van der Waals surface area (Å²) in [5.41, 5.74) is 2.34. The standard InChI is InChI=1S/C18H19N3O3S/c1-12-10-13(2)21-18-16(12)17(22)15(11-19-18)25(23,24)20-9-8-14-6-4-3-5-7-14/h3-7,10-11,20H,8-9H2,1-2H3,(H,19,21,22). The van der Waals surface area contributed by atoms with Crippen molar-refractivity contribution in [2.45, 2.75) is 25.2 Å². The molecule has 0 aliphatic rings. The van der Waals surface area contributed by atoms with E-state index in [9.17, 15) is 13.2 Å². The van der Waals surface area contributed by atoms with Gasteiger partial charge in [-0.3, -0.25) is 4.79 Å². The Kier molecular flexibility index (Phi) is 4.69. The van der Waals surface area contributed by atoms with Gasteiger partial charge in [0.15, 0.2) is 0 Å². The molecule has 3 aromatic rings. The lowest BCUT2D eigenvalue weighted by Crippen LogP contribution is -2.30. The first-order valence-electron chi connectivity index (χ1n) is 7.92. The molecule has 0 spiro atoms. The van der Waals surface area contributed by atoms with Crippen LogP contribution in [0.25, 0.3) is 11.0 Å². The Balaban J connectivity index is 1.89. The molecule has 0 bridgehead atoms. The van der Waals surface area contributed by atoms with E-state index in [1.165, 1.54) is 6.20 Å². The molecule has 2 N–H and O–H groups in total. The highest BCUT2D eigenvalue weighted by Gasteiger charge is 2.20. The summed E-state index contributed by atoms with van der Waals surface area (Å²) in [5.74, 6) is 0. The fourth-order valence-electron chi connectivity index (χ4n) is 2.80. The van der Waals surface area contributed by atoms with Gasteiger partial charge in [0, 0.05) is 18.4 Å². The first-order valence-corrected chi connectivity index (χ1v) is 9.40. The molecule has 0 aliphatic carbocycles. The van der Waals surface area contributed by atoms with Crippen LogP contribution in [0.4, 0.5) is 0 Å². The molecular weight excluding hydrogens is 338 g/mol. The summed E-state index contributed by atoms with van der Waals surface area (Å²) in [6, 6.07) is 11.3. The van der Waals surface area contributed by atoms with Gasteiger partial charge in [-0.1, -0.05) is 30.3 Å². The van der Waals surface area contributed by atoms with Crippen molar-refractivity contribution in [2.75, 3.05) is 6.54 Å². The Labute approximate surface area is 146 Å². The van der Waals surface area contributed by atoms with Gasteiger partial charge in [0.2, 0.25) is 15.5 Å². The number of aromatic nitrogens is 2. The highest BCUT2D eigenvalue weighted by atomic mass is 32.2. The normalized spacial score (nSPS) is 11.8. The number of sulfonamides is 1. The Hall–Kier alpha value is -2.51. The highest BCUT2D eigenvalue weighted by molar-refractivity contribution is 7.89. The summed E-state index contributed by atoms with van der Waals surface area (Å²) in [4.78, 5) is 19.4. The maximum Gasteiger partial charge on any atom is 0.245 e. The molecule has 0 saturated heterocycles. The van der Waals surface area contributed by atoms with Crippen LogP contribution in [0.3, 0.4) is 0 Å². The SMILES string of the molecule is Cc1cc(C)c2c(=O)c(S(=O)(=O)NCCc3ccccc3)c[nH]c2n1.